The Hall–Kier alpha value is -2.77. The maximum absolute atomic E-state index is 13.8. The molecule has 11 nitrogen and oxygen atoms in total. The molecule has 0 spiro atoms. The lowest BCUT2D eigenvalue weighted by molar-refractivity contribution is -0.262. The van der Waals surface area contributed by atoms with Crippen molar-refractivity contribution in [2.45, 2.75) is 94.7 Å². The normalized spacial score (nSPS) is 30.9. The number of phenols is 2. The van der Waals surface area contributed by atoms with Crippen LogP contribution in [0.1, 0.15) is 95.0 Å². The summed E-state index contributed by atoms with van der Waals surface area (Å²) in [7, 11) is 1.37. The first kappa shape index (κ1) is 32.6. The summed E-state index contributed by atoms with van der Waals surface area (Å²) < 4.78 is 17.8. The Kier molecular flexibility index (Phi) is 9.05. The number of aromatic hydroxyl groups is 2. The third kappa shape index (κ3) is 5.18. The minimum Gasteiger partial charge on any atom is -0.507 e. The molecule has 2 aromatic rings. The first-order valence-corrected chi connectivity index (χ1v) is 15.0. The van der Waals surface area contributed by atoms with Crippen molar-refractivity contribution in [1.29, 1.82) is 0 Å². The summed E-state index contributed by atoms with van der Waals surface area (Å²) in [5.41, 5.74) is -2.45. The number of hydrogen-bond acceptors (Lipinski definition) is 11. The number of piperidine rings is 1. The molecular weight excluding hydrogens is 594 g/mol. The highest BCUT2D eigenvalue weighted by molar-refractivity contribution is 6.31. The number of phenolic OH excluding ortho intramolecular Hbond substituents is 2. The average molecular weight is 634 g/mol. The van der Waals surface area contributed by atoms with E-state index >= 15 is 0 Å². The highest BCUT2D eigenvalue weighted by Gasteiger charge is 2.49. The van der Waals surface area contributed by atoms with E-state index in [1.165, 1.54) is 26.2 Å². The largest absolute Gasteiger partial charge is 0.507 e. The third-order valence-electron chi connectivity index (χ3n) is 9.73. The van der Waals surface area contributed by atoms with E-state index < -0.39 is 59.4 Å². The Morgan fingerprint density at radius 3 is 2.39 bits per heavy atom. The number of rotatable bonds is 5. The van der Waals surface area contributed by atoms with Gasteiger partial charge >= 0.3 is 0 Å². The van der Waals surface area contributed by atoms with Crippen LogP contribution in [0.2, 0.25) is 0 Å². The molecule has 0 radical (unpaired) electrons. The molecule has 2 heterocycles. The number of nitrogens with zero attached hydrogens (tertiary/aromatic N) is 1. The fraction of sp³-hybridized carbons (Fsp3) is 0.562. The Balaban J connectivity index is 0.00000384. The van der Waals surface area contributed by atoms with E-state index in [-0.39, 0.29) is 70.4 Å². The molecule has 4 aliphatic rings. The SMILES string of the molecule is COc1cccc2c1C(=O)c1c(O)c3c(c(O)c1C2=O)C[C@@](O)(C(C)O)C[C@@H]3O[C@H]1C[C@H](N2CCCCC2)[C@H](O)[C@H](C)O1.Cl. The molecule has 6 rings (SSSR count). The van der Waals surface area contributed by atoms with Gasteiger partial charge in [-0.3, -0.25) is 14.5 Å². The van der Waals surface area contributed by atoms with Gasteiger partial charge in [-0.2, -0.15) is 0 Å². The van der Waals surface area contributed by atoms with E-state index in [9.17, 15) is 35.1 Å². The van der Waals surface area contributed by atoms with Gasteiger partial charge in [-0.05, 0) is 45.8 Å². The lowest BCUT2D eigenvalue weighted by Crippen LogP contribution is -2.56. The molecule has 2 fully saturated rings. The molecular formula is C32H40ClNO10. The predicted molar refractivity (Wildman–Crippen MR) is 160 cm³/mol. The van der Waals surface area contributed by atoms with E-state index in [0.717, 1.165) is 32.4 Å². The van der Waals surface area contributed by atoms with Crippen molar-refractivity contribution < 1.29 is 49.3 Å². The van der Waals surface area contributed by atoms with Crippen molar-refractivity contribution in [2.24, 2.45) is 0 Å². The van der Waals surface area contributed by atoms with Crippen molar-refractivity contribution in [1.82, 2.24) is 4.90 Å². The Morgan fingerprint density at radius 2 is 1.73 bits per heavy atom. The van der Waals surface area contributed by atoms with Crippen LogP contribution < -0.4 is 4.74 Å². The van der Waals surface area contributed by atoms with Crippen LogP contribution in [-0.2, 0) is 15.9 Å². The summed E-state index contributed by atoms with van der Waals surface area (Å²) in [6, 6.07) is 4.30. The summed E-state index contributed by atoms with van der Waals surface area (Å²) in [4.78, 5) is 29.7. The number of halogens is 1. The molecule has 1 unspecified atom stereocenters. The summed E-state index contributed by atoms with van der Waals surface area (Å²) in [6.45, 7) is 4.86. The number of carbonyl (C=O) groups is 2. The molecule has 240 valence electrons. The van der Waals surface area contributed by atoms with Gasteiger partial charge in [-0.25, -0.2) is 0 Å². The highest BCUT2D eigenvalue weighted by Crippen LogP contribution is 2.53. The summed E-state index contributed by atoms with van der Waals surface area (Å²) in [5.74, 6) is -2.30. The second-order valence-electron chi connectivity index (χ2n) is 12.3. The second kappa shape index (κ2) is 12.2. The molecule has 12 heteroatoms. The van der Waals surface area contributed by atoms with Gasteiger partial charge in [0.05, 0.1) is 53.8 Å². The van der Waals surface area contributed by atoms with Gasteiger partial charge in [0.1, 0.15) is 17.2 Å². The van der Waals surface area contributed by atoms with Gasteiger partial charge in [0, 0.05) is 42.0 Å². The Morgan fingerprint density at radius 1 is 1.05 bits per heavy atom. The number of aliphatic hydroxyl groups excluding tert-OH is 2. The fourth-order valence-corrected chi connectivity index (χ4v) is 7.29. The smallest absolute Gasteiger partial charge is 0.202 e. The summed E-state index contributed by atoms with van der Waals surface area (Å²) in [6.07, 6.45) is -1.55. The van der Waals surface area contributed by atoms with Crippen LogP contribution in [-0.4, -0.2) is 98.4 Å². The molecule has 0 aromatic heterocycles. The van der Waals surface area contributed by atoms with Gasteiger partial charge < -0.3 is 39.7 Å². The van der Waals surface area contributed by atoms with Crippen molar-refractivity contribution in [2.75, 3.05) is 20.2 Å². The van der Waals surface area contributed by atoms with Crippen LogP contribution in [0.15, 0.2) is 18.2 Å². The molecule has 2 aliphatic heterocycles. The highest BCUT2D eigenvalue weighted by atomic mass is 35.5. The number of fused-ring (bicyclic) bond motifs is 3. The maximum atomic E-state index is 13.8. The van der Waals surface area contributed by atoms with Gasteiger partial charge in [-0.1, -0.05) is 18.6 Å². The topological polar surface area (TPSA) is 166 Å². The van der Waals surface area contributed by atoms with Gasteiger partial charge in [0.25, 0.3) is 0 Å². The number of carbonyl (C=O) groups excluding carboxylic acids is 2. The molecule has 44 heavy (non-hydrogen) atoms. The zero-order valence-electron chi connectivity index (χ0n) is 25.0. The second-order valence-corrected chi connectivity index (χ2v) is 12.3. The van der Waals surface area contributed by atoms with Gasteiger partial charge in [-0.15, -0.1) is 12.4 Å². The van der Waals surface area contributed by atoms with Crippen LogP contribution in [0.25, 0.3) is 0 Å². The van der Waals surface area contributed by atoms with Crippen molar-refractivity contribution in [3.63, 3.8) is 0 Å². The standard InChI is InChI=1S/C32H39NO10.ClH/c1-15-27(35)19(33-10-5-4-6-11-33)12-22(42-15)43-21-14-32(40,16(2)34)13-18-24(21)31(39)26-25(29(18)37)28(36)17-8-7-9-20(41-3)23(17)30(26)38;/h7-9,15-16,19,21-22,27,34-35,37,39-40H,4-6,10-14H2,1-3H3;1H/t15-,16?,19-,21-,22-,27+,32-;/m0./s1. The minimum absolute atomic E-state index is 0. The quantitative estimate of drug-likeness (QED) is 0.262. The predicted octanol–water partition coefficient (Wildman–Crippen LogP) is 2.77. The molecule has 0 amide bonds. The van der Waals surface area contributed by atoms with E-state index in [1.54, 1.807) is 13.0 Å². The molecule has 2 aromatic carbocycles. The molecule has 5 N–H and O–H groups in total. The third-order valence-corrected chi connectivity index (χ3v) is 9.73. The number of ketones is 2. The monoisotopic (exact) mass is 633 g/mol. The first-order chi connectivity index (χ1) is 20.5. The maximum Gasteiger partial charge on any atom is 0.202 e. The van der Waals surface area contributed by atoms with Crippen molar-refractivity contribution in [3.8, 4) is 17.2 Å². The number of likely N-dealkylation sites (tertiary alicyclic amines) is 1. The van der Waals surface area contributed by atoms with Gasteiger partial charge in [0.2, 0.25) is 5.78 Å². The molecule has 2 aliphatic carbocycles. The van der Waals surface area contributed by atoms with Crippen molar-refractivity contribution >= 4 is 24.0 Å². The number of methoxy groups -OCH3 is 1. The van der Waals surface area contributed by atoms with Crippen LogP contribution in [0.3, 0.4) is 0 Å². The number of hydrogen-bond donors (Lipinski definition) is 5. The van der Waals surface area contributed by atoms with Crippen LogP contribution >= 0.6 is 12.4 Å². The average Bonchev–Trinajstić information content (AvgIpc) is 2.99. The lowest BCUT2D eigenvalue weighted by Gasteiger charge is -2.46. The molecule has 2 saturated heterocycles. The molecule has 7 atom stereocenters. The number of aliphatic hydroxyl groups is 3. The van der Waals surface area contributed by atoms with E-state index in [2.05, 4.69) is 4.90 Å². The summed E-state index contributed by atoms with van der Waals surface area (Å²) >= 11 is 0. The van der Waals surface area contributed by atoms with Crippen molar-refractivity contribution in [3.05, 3.63) is 51.6 Å². The zero-order valence-corrected chi connectivity index (χ0v) is 25.8. The molecule has 0 bridgehead atoms. The van der Waals surface area contributed by atoms with E-state index in [0.29, 0.717) is 6.42 Å². The van der Waals surface area contributed by atoms with Gasteiger partial charge in [0.15, 0.2) is 12.1 Å². The Bertz CT molecular complexity index is 1460. The minimum atomic E-state index is -1.79. The lowest BCUT2D eigenvalue weighted by atomic mass is 9.71. The van der Waals surface area contributed by atoms with E-state index in [1.807, 2.05) is 0 Å². The van der Waals surface area contributed by atoms with Crippen LogP contribution in [0.4, 0.5) is 0 Å². The first-order valence-electron chi connectivity index (χ1n) is 15.0. The number of benzene rings is 2. The fourth-order valence-electron chi connectivity index (χ4n) is 7.29. The molecule has 0 saturated carbocycles. The van der Waals surface area contributed by atoms with Crippen LogP contribution in [0, 0.1) is 0 Å². The van der Waals surface area contributed by atoms with E-state index in [4.69, 9.17) is 14.2 Å². The Labute approximate surface area is 261 Å². The summed E-state index contributed by atoms with van der Waals surface area (Å²) in [5, 5.41) is 56.3. The zero-order chi connectivity index (χ0) is 30.8. The number of ether oxygens (including phenoxy) is 3. The van der Waals surface area contributed by atoms with Crippen LogP contribution in [0.5, 0.6) is 17.2 Å².